The van der Waals surface area contributed by atoms with Gasteiger partial charge in [0.25, 0.3) is 0 Å². The molecule has 0 N–H and O–H groups in total. The van der Waals surface area contributed by atoms with Crippen LogP contribution in [0.2, 0.25) is 0 Å². The average molecular weight is 453 g/mol. The van der Waals surface area contributed by atoms with Crippen LogP contribution in [0.5, 0.6) is 0 Å². The van der Waals surface area contributed by atoms with Gasteiger partial charge in [0.05, 0.1) is 25.3 Å². The smallest absolute Gasteiger partial charge is 0.339 e. The Morgan fingerprint density at radius 3 is 1.70 bits per heavy atom. The predicted molar refractivity (Wildman–Crippen MR) is 133 cm³/mol. The summed E-state index contributed by atoms with van der Waals surface area (Å²) >= 11 is 1.60. The maximum atomic E-state index is 13.3. The minimum Gasteiger partial charge on any atom is -0.465 e. The molecular weight excluding hydrogens is 432 g/mol. The lowest BCUT2D eigenvalue weighted by Crippen LogP contribution is -2.15. The first-order valence-electron chi connectivity index (χ1n) is 10.4. The van der Waals surface area contributed by atoms with Crippen molar-refractivity contribution in [1.29, 1.82) is 0 Å². The number of esters is 2. The number of fused-ring (bicyclic) bond motifs is 3. The topological polar surface area (TPSA) is 52.6 Å². The molecule has 5 rings (SSSR count). The van der Waals surface area contributed by atoms with E-state index in [9.17, 15) is 9.59 Å². The molecule has 5 aromatic rings. The molecule has 0 saturated heterocycles. The summed E-state index contributed by atoms with van der Waals surface area (Å²) in [6.07, 6.45) is 0. The maximum absolute atomic E-state index is 13.3. The number of benzene rings is 4. The van der Waals surface area contributed by atoms with Gasteiger partial charge in [-0.3, -0.25) is 0 Å². The Morgan fingerprint density at radius 1 is 0.636 bits per heavy atom. The molecule has 0 aliphatic heterocycles. The molecule has 0 bridgehead atoms. The number of rotatable bonds is 4. The first-order chi connectivity index (χ1) is 16.2. The summed E-state index contributed by atoms with van der Waals surface area (Å²) in [6.45, 7) is 0. The second kappa shape index (κ2) is 8.52. The van der Waals surface area contributed by atoms with E-state index in [2.05, 4.69) is 6.07 Å². The van der Waals surface area contributed by atoms with Crippen molar-refractivity contribution in [1.82, 2.24) is 0 Å². The maximum Gasteiger partial charge on any atom is 0.339 e. The van der Waals surface area contributed by atoms with Crippen molar-refractivity contribution in [3.05, 3.63) is 96.1 Å². The summed E-state index contributed by atoms with van der Waals surface area (Å²) in [7, 11) is 2.66. The van der Waals surface area contributed by atoms with Crippen molar-refractivity contribution in [2.75, 3.05) is 14.2 Å². The van der Waals surface area contributed by atoms with Gasteiger partial charge in [0.15, 0.2) is 0 Å². The van der Waals surface area contributed by atoms with Gasteiger partial charge in [-0.15, -0.1) is 11.3 Å². The minimum absolute atomic E-state index is 0.213. The Labute approximate surface area is 195 Å². The first-order valence-corrected chi connectivity index (χ1v) is 11.3. The number of carbonyl (C=O) groups is 2. The molecular formula is C28H20O4S. The zero-order valence-corrected chi connectivity index (χ0v) is 18.9. The third-order valence-electron chi connectivity index (χ3n) is 5.73. The Hall–Kier alpha value is -3.96. The molecule has 0 unspecified atom stereocenters. The average Bonchev–Trinajstić information content (AvgIpc) is 3.26. The molecule has 0 fully saturated rings. The van der Waals surface area contributed by atoms with Crippen molar-refractivity contribution in [2.45, 2.75) is 0 Å². The first kappa shape index (κ1) is 20.9. The Morgan fingerprint density at radius 2 is 1.12 bits per heavy atom. The van der Waals surface area contributed by atoms with Crippen LogP contribution in [0.25, 0.3) is 42.4 Å². The van der Waals surface area contributed by atoms with Crippen LogP contribution in [0, 0.1) is 0 Å². The van der Waals surface area contributed by atoms with Gasteiger partial charge in [0, 0.05) is 31.3 Å². The van der Waals surface area contributed by atoms with Crippen LogP contribution in [-0.4, -0.2) is 26.2 Å². The van der Waals surface area contributed by atoms with E-state index in [1.165, 1.54) is 14.2 Å². The van der Waals surface area contributed by atoms with E-state index in [-0.39, 0.29) is 11.1 Å². The second-order valence-electron chi connectivity index (χ2n) is 7.52. The summed E-state index contributed by atoms with van der Waals surface area (Å²) in [5, 5.41) is 1.95. The number of methoxy groups -OCH3 is 2. The molecule has 4 nitrogen and oxygen atoms in total. The van der Waals surface area contributed by atoms with Gasteiger partial charge in [-0.25, -0.2) is 9.59 Å². The highest BCUT2D eigenvalue weighted by molar-refractivity contribution is 7.26. The molecule has 0 aliphatic rings. The lowest BCUT2D eigenvalue weighted by molar-refractivity contribution is 0.0557. The molecule has 0 aliphatic carbocycles. The van der Waals surface area contributed by atoms with E-state index in [0.29, 0.717) is 11.1 Å². The number of hydrogen-bond donors (Lipinski definition) is 0. The highest BCUT2D eigenvalue weighted by Gasteiger charge is 2.32. The summed E-state index contributed by atoms with van der Waals surface area (Å²) in [4.78, 5) is 26.6. The molecule has 0 amide bonds. The number of thiophene rings is 1. The summed E-state index contributed by atoms with van der Waals surface area (Å²) in [5.74, 6) is -1.16. The van der Waals surface area contributed by atoms with Crippen molar-refractivity contribution in [2.24, 2.45) is 0 Å². The number of carbonyl (C=O) groups excluding carboxylic acids is 2. The van der Waals surface area contributed by atoms with Crippen LogP contribution in [0.3, 0.4) is 0 Å². The molecule has 4 aromatic carbocycles. The fourth-order valence-electron chi connectivity index (χ4n) is 4.34. The Balaban J connectivity index is 2.12. The van der Waals surface area contributed by atoms with Crippen LogP contribution >= 0.6 is 11.3 Å². The van der Waals surface area contributed by atoms with Gasteiger partial charge in [-0.05, 0) is 17.2 Å². The van der Waals surface area contributed by atoms with Gasteiger partial charge in [0.1, 0.15) is 0 Å². The summed E-state index contributed by atoms with van der Waals surface area (Å²) in [5.41, 5.74) is 3.45. The molecule has 0 saturated carbocycles. The normalized spacial score (nSPS) is 11.0. The Kier molecular flexibility index (Phi) is 5.40. The van der Waals surface area contributed by atoms with E-state index in [0.717, 1.165) is 31.3 Å². The van der Waals surface area contributed by atoms with E-state index < -0.39 is 11.9 Å². The summed E-state index contributed by atoms with van der Waals surface area (Å²) < 4.78 is 12.4. The molecule has 5 heteroatoms. The zero-order chi connectivity index (χ0) is 22.9. The van der Waals surface area contributed by atoms with Crippen molar-refractivity contribution in [3.63, 3.8) is 0 Å². The molecule has 0 radical (unpaired) electrons. The standard InChI is InChI=1S/C28H20O4S/c1-31-27(29)24-21(17-11-5-3-6-12-17)23-19-15-9-10-16-20(19)33-26(23)22(25(24)28(30)32-2)18-13-7-4-8-14-18/h3-16H,1-2H3. The monoisotopic (exact) mass is 452 g/mol. The lowest BCUT2D eigenvalue weighted by atomic mass is 9.85. The highest BCUT2D eigenvalue weighted by Crippen LogP contribution is 2.49. The molecule has 1 heterocycles. The van der Waals surface area contributed by atoms with Gasteiger partial charge >= 0.3 is 11.9 Å². The van der Waals surface area contributed by atoms with E-state index in [4.69, 9.17) is 9.47 Å². The van der Waals surface area contributed by atoms with Gasteiger partial charge in [0.2, 0.25) is 0 Å². The van der Waals surface area contributed by atoms with Crippen LogP contribution in [0.1, 0.15) is 20.7 Å². The number of hydrogen-bond acceptors (Lipinski definition) is 5. The van der Waals surface area contributed by atoms with Crippen LogP contribution < -0.4 is 0 Å². The van der Waals surface area contributed by atoms with Crippen LogP contribution in [0.15, 0.2) is 84.9 Å². The molecule has 162 valence electrons. The van der Waals surface area contributed by atoms with Gasteiger partial charge in [-0.2, -0.15) is 0 Å². The Bertz CT molecular complexity index is 1500. The number of ether oxygens (including phenoxy) is 2. The van der Waals surface area contributed by atoms with Crippen molar-refractivity contribution < 1.29 is 19.1 Å². The van der Waals surface area contributed by atoms with E-state index in [1.807, 2.05) is 78.9 Å². The van der Waals surface area contributed by atoms with Crippen molar-refractivity contribution in [3.8, 4) is 22.3 Å². The zero-order valence-electron chi connectivity index (χ0n) is 18.1. The molecule has 0 atom stereocenters. The van der Waals surface area contributed by atoms with E-state index >= 15 is 0 Å². The highest BCUT2D eigenvalue weighted by atomic mass is 32.1. The van der Waals surface area contributed by atoms with E-state index in [1.54, 1.807) is 11.3 Å². The summed E-state index contributed by atoms with van der Waals surface area (Å²) in [6, 6.07) is 27.3. The van der Waals surface area contributed by atoms with Crippen LogP contribution in [-0.2, 0) is 9.47 Å². The third kappa shape index (κ3) is 3.38. The van der Waals surface area contributed by atoms with Crippen LogP contribution in [0.4, 0.5) is 0 Å². The minimum atomic E-state index is -0.580. The second-order valence-corrected chi connectivity index (χ2v) is 8.57. The molecule has 33 heavy (non-hydrogen) atoms. The SMILES string of the molecule is COC(=O)c1c(C(=O)OC)c(-c2ccccc2)c2c(sc3ccccc32)c1-c1ccccc1. The fourth-order valence-corrected chi connectivity index (χ4v) is 5.63. The lowest BCUT2D eigenvalue weighted by Gasteiger charge is -2.19. The largest absolute Gasteiger partial charge is 0.465 e. The molecule has 1 aromatic heterocycles. The molecule has 0 spiro atoms. The fraction of sp³-hybridized carbons (Fsp3) is 0.0714. The van der Waals surface area contributed by atoms with Gasteiger partial charge < -0.3 is 9.47 Å². The quantitative estimate of drug-likeness (QED) is 0.277. The third-order valence-corrected chi connectivity index (χ3v) is 6.91. The van der Waals surface area contributed by atoms with Crippen molar-refractivity contribution >= 4 is 43.4 Å². The predicted octanol–water partition coefficient (Wildman–Crippen LogP) is 6.96. The van der Waals surface area contributed by atoms with Gasteiger partial charge in [-0.1, -0.05) is 78.9 Å².